The molecule has 0 atom stereocenters. The number of hydrogen-bond acceptors (Lipinski definition) is 6. The Bertz CT molecular complexity index is 545. The molecule has 0 aliphatic heterocycles. The topological polar surface area (TPSA) is 56.6 Å². The van der Waals surface area contributed by atoms with Gasteiger partial charge in [-0.05, 0) is 12.1 Å². The van der Waals surface area contributed by atoms with Gasteiger partial charge < -0.3 is 9.57 Å². The van der Waals surface area contributed by atoms with Crippen molar-refractivity contribution in [3.8, 4) is 5.75 Å². The van der Waals surface area contributed by atoms with Crippen molar-refractivity contribution >= 4 is 29.3 Å². The number of para-hydroxylation sites is 1. The predicted octanol–water partition coefficient (Wildman–Crippen LogP) is 2.75. The van der Waals surface area contributed by atoms with Crippen molar-refractivity contribution in [1.82, 2.24) is 9.59 Å². The molecule has 0 unspecified atom stereocenters. The minimum Gasteiger partial charge on any atom is -0.486 e. The molecule has 2 rings (SSSR count). The van der Waals surface area contributed by atoms with Crippen LogP contribution in [0.5, 0.6) is 5.75 Å². The number of nitrogens with zero attached hydrogens (tertiary/aromatic N) is 3. The molecule has 2 aromatic rings. The fraction of sp³-hybridized carbons (Fsp3) is 0.182. The Kier molecular flexibility index (Phi) is 4.49. The third kappa shape index (κ3) is 3.18. The Balaban J connectivity index is 2.09. The minimum absolute atomic E-state index is 0.271. The minimum atomic E-state index is 0.271. The summed E-state index contributed by atoms with van der Waals surface area (Å²) < 4.78 is 9.91. The van der Waals surface area contributed by atoms with Crippen molar-refractivity contribution in [3.05, 3.63) is 39.9 Å². The van der Waals surface area contributed by atoms with Gasteiger partial charge in [0.15, 0.2) is 0 Å². The van der Waals surface area contributed by atoms with E-state index >= 15 is 0 Å². The van der Waals surface area contributed by atoms with E-state index in [2.05, 4.69) is 19.6 Å². The van der Waals surface area contributed by atoms with E-state index in [0.29, 0.717) is 15.8 Å². The van der Waals surface area contributed by atoms with Crippen LogP contribution in [0.2, 0.25) is 4.34 Å². The van der Waals surface area contributed by atoms with Crippen molar-refractivity contribution in [3.63, 3.8) is 0 Å². The lowest BCUT2D eigenvalue weighted by Crippen LogP contribution is -1.99. The molecule has 0 aliphatic rings. The molecule has 0 fully saturated rings. The molecular formula is C11H10ClN3O2S. The zero-order valence-corrected chi connectivity index (χ0v) is 11.1. The van der Waals surface area contributed by atoms with E-state index in [0.717, 1.165) is 17.1 Å². The largest absolute Gasteiger partial charge is 0.486 e. The summed E-state index contributed by atoms with van der Waals surface area (Å²) in [6.45, 7) is 0.271. The second kappa shape index (κ2) is 6.32. The van der Waals surface area contributed by atoms with Crippen molar-refractivity contribution < 1.29 is 9.57 Å². The monoisotopic (exact) mass is 283 g/mol. The highest BCUT2D eigenvalue weighted by Crippen LogP contribution is 2.21. The summed E-state index contributed by atoms with van der Waals surface area (Å²) in [5.74, 6) is 0.683. The van der Waals surface area contributed by atoms with Crippen LogP contribution in [0.25, 0.3) is 0 Å². The molecule has 0 aliphatic carbocycles. The van der Waals surface area contributed by atoms with E-state index in [1.807, 2.05) is 24.3 Å². The predicted molar refractivity (Wildman–Crippen MR) is 70.3 cm³/mol. The highest BCUT2D eigenvalue weighted by atomic mass is 35.5. The maximum Gasteiger partial charge on any atom is 0.141 e. The number of rotatable bonds is 5. The molecule has 94 valence electrons. The molecule has 18 heavy (non-hydrogen) atoms. The Morgan fingerprint density at radius 2 is 2.28 bits per heavy atom. The second-order valence-corrected chi connectivity index (χ2v) is 4.59. The summed E-state index contributed by atoms with van der Waals surface area (Å²) in [5, 5.41) is 7.58. The summed E-state index contributed by atoms with van der Waals surface area (Å²) in [7, 11) is 1.49. The zero-order chi connectivity index (χ0) is 12.8. The maximum atomic E-state index is 5.90. The van der Waals surface area contributed by atoms with E-state index in [4.69, 9.17) is 16.3 Å². The first kappa shape index (κ1) is 12.8. The Labute approximate surface area is 113 Å². The van der Waals surface area contributed by atoms with Gasteiger partial charge in [-0.3, -0.25) is 0 Å². The summed E-state index contributed by atoms with van der Waals surface area (Å²) >= 11 is 7.03. The first-order valence-corrected chi connectivity index (χ1v) is 6.21. The van der Waals surface area contributed by atoms with Gasteiger partial charge in [0.25, 0.3) is 0 Å². The van der Waals surface area contributed by atoms with Gasteiger partial charge in [0.1, 0.15) is 29.5 Å². The first-order chi connectivity index (χ1) is 8.81. The van der Waals surface area contributed by atoms with Crippen LogP contribution in [0.15, 0.2) is 29.4 Å². The van der Waals surface area contributed by atoms with Crippen molar-refractivity contribution in [2.24, 2.45) is 5.16 Å². The number of ether oxygens (including phenoxy) is 1. The third-order valence-electron chi connectivity index (χ3n) is 2.09. The number of hydrogen-bond donors (Lipinski definition) is 0. The number of aromatic nitrogens is 2. The van der Waals surface area contributed by atoms with Crippen LogP contribution in [0.1, 0.15) is 11.3 Å². The van der Waals surface area contributed by atoms with Gasteiger partial charge in [-0.15, -0.1) is 5.10 Å². The fourth-order valence-corrected chi connectivity index (χ4v) is 1.86. The number of benzene rings is 1. The van der Waals surface area contributed by atoms with Gasteiger partial charge in [0.05, 0.1) is 6.21 Å². The van der Waals surface area contributed by atoms with Crippen molar-refractivity contribution in [1.29, 1.82) is 0 Å². The number of halogens is 1. The SMILES string of the molecule is CO/N=C/c1ccccc1OCc1nnsc1Cl. The molecule has 1 aromatic carbocycles. The summed E-state index contributed by atoms with van der Waals surface area (Å²) in [6.07, 6.45) is 1.58. The number of oxime groups is 1. The Hall–Kier alpha value is -1.66. The lowest BCUT2D eigenvalue weighted by molar-refractivity contribution is 0.215. The van der Waals surface area contributed by atoms with Gasteiger partial charge in [-0.2, -0.15) is 0 Å². The normalized spacial score (nSPS) is 10.8. The molecule has 0 saturated carbocycles. The molecular weight excluding hydrogens is 274 g/mol. The molecule has 0 N–H and O–H groups in total. The summed E-state index contributed by atoms with van der Waals surface area (Å²) in [5.41, 5.74) is 1.44. The van der Waals surface area contributed by atoms with E-state index in [1.165, 1.54) is 7.11 Å². The van der Waals surface area contributed by atoms with Gasteiger partial charge in [0.2, 0.25) is 0 Å². The van der Waals surface area contributed by atoms with Crippen LogP contribution in [0.4, 0.5) is 0 Å². The fourth-order valence-electron chi connectivity index (χ4n) is 1.26. The van der Waals surface area contributed by atoms with Gasteiger partial charge in [-0.1, -0.05) is 33.4 Å². The summed E-state index contributed by atoms with van der Waals surface area (Å²) in [4.78, 5) is 4.64. The molecule has 5 nitrogen and oxygen atoms in total. The molecule has 7 heteroatoms. The van der Waals surface area contributed by atoms with Crippen molar-refractivity contribution in [2.75, 3.05) is 7.11 Å². The van der Waals surface area contributed by atoms with E-state index in [1.54, 1.807) is 6.21 Å². The molecule has 0 radical (unpaired) electrons. The second-order valence-electron chi connectivity index (χ2n) is 3.24. The van der Waals surface area contributed by atoms with Gasteiger partial charge in [-0.25, -0.2) is 0 Å². The van der Waals surface area contributed by atoms with E-state index in [9.17, 15) is 0 Å². The van der Waals surface area contributed by atoms with Gasteiger partial charge in [0, 0.05) is 17.1 Å². The molecule has 0 bridgehead atoms. The zero-order valence-electron chi connectivity index (χ0n) is 9.54. The van der Waals surface area contributed by atoms with E-state index in [-0.39, 0.29) is 6.61 Å². The average molecular weight is 284 g/mol. The quantitative estimate of drug-likeness (QED) is 0.625. The first-order valence-electron chi connectivity index (χ1n) is 5.06. The van der Waals surface area contributed by atoms with E-state index < -0.39 is 0 Å². The molecule has 1 heterocycles. The Morgan fingerprint density at radius 1 is 1.44 bits per heavy atom. The standard InChI is InChI=1S/C11H10ClN3O2S/c1-16-13-6-8-4-2-3-5-10(8)17-7-9-11(12)18-15-14-9/h2-6H,7H2,1H3/b13-6+. The van der Waals surface area contributed by atoms with Crippen LogP contribution >= 0.6 is 23.1 Å². The van der Waals surface area contributed by atoms with Crippen LogP contribution in [-0.4, -0.2) is 22.9 Å². The van der Waals surface area contributed by atoms with Crippen LogP contribution < -0.4 is 4.74 Å². The maximum absolute atomic E-state index is 5.90. The lowest BCUT2D eigenvalue weighted by Gasteiger charge is -2.06. The highest BCUT2D eigenvalue weighted by Gasteiger charge is 2.07. The highest BCUT2D eigenvalue weighted by molar-refractivity contribution is 7.10. The van der Waals surface area contributed by atoms with Crippen LogP contribution in [0, 0.1) is 0 Å². The molecule has 0 saturated heterocycles. The van der Waals surface area contributed by atoms with Crippen molar-refractivity contribution in [2.45, 2.75) is 6.61 Å². The molecule has 0 spiro atoms. The third-order valence-corrected chi connectivity index (χ3v) is 3.07. The molecule has 1 aromatic heterocycles. The Morgan fingerprint density at radius 3 is 3.00 bits per heavy atom. The summed E-state index contributed by atoms with van der Waals surface area (Å²) in [6, 6.07) is 7.48. The lowest BCUT2D eigenvalue weighted by atomic mass is 10.2. The van der Waals surface area contributed by atoms with Crippen LogP contribution in [-0.2, 0) is 11.4 Å². The smallest absolute Gasteiger partial charge is 0.141 e. The van der Waals surface area contributed by atoms with Gasteiger partial charge >= 0.3 is 0 Å². The molecule has 0 amide bonds. The average Bonchev–Trinajstić information content (AvgIpc) is 2.80. The van der Waals surface area contributed by atoms with Crippen LogP contribution in [0.3, 0.4) is 0 Å².